The normalized spacial score (nSPS) is 18.9. The van der Waals surface area contributed by atoms with Crippen molar-refractivity contribution < 1.29 is 9.53 Å². The Labute approximate surface area is 115 Å². The van der Waals surface area contributed by atoms with E-state index in [1.54, 1.807) is 6.07 Å². The lowest BCUT2D eigenvalue weighted by Gasteiger charge is -2.33. The Morgan fingerprint density at radius 3 is 2.95 bits per heavy atom. The third-order valence-electron chi connectivity index (χ3n) is 2.88. The second kappa shape index (κ2) is 5.34. The fourth-order valence-corrected chi connectivity index (χ4v) is 2.41. The molecule has 1 atom stereocenters. The predicted octanol–water partition coefficient (Wildman–Crippen LogP) is 0.750. The van der Waals surface area contributed by atoms with Gasteiger partial charge in [0, 0.05) is 12.2 Å². The van der Waals surface area contributed by atoms with Crippen molar-refractivity contribution in [1.29, 1.82) is 5.26 Å². The van der Waals surface area contributed by atoms with Gasteiger partial charge in [-0.05, 0) is 12.1 Å². The van der Waals surface area contributed by atoms with E-state index in [-0.39, 0.29) is 5.56 Å². The first kappa shape index (κ1) is 13.5. The largest absolute Gasteiger partial charge is 0.399 e. The molecule has 6 nitrogen and oxygen atoms in total. The molecule has 0 saturated carbocycles. The number of nitrogens with zero attached hydrogens (tertiary/aromatic N) is 2. The molecule has 0 radical (unpaired) electrons. The zero-order chi connectivity index (χ0) is 14.0. The van der Waals surface area contributed by atoms with Gasteiger partial charge in [0.2, 0.25) is 0 Å². The van der Waals surface area contributed by atoms with Crippen LogP contribution in [0.2, 0.25) is 5.02 Å². The van der Waals surface area contributed by atoms with Crippen LogP contribution in [0.1, 0.15) is 10.4 Å². The van der Waals surface area contributed by atoms with Crippen molar-refractivity contribution in [2.24, 2.45) is 5.73 Å². The number of nitrogens with two attached hydrogens (primary N) is 2. The Morgan fingerprint density at radius 1 is 1.58 bits per heavy atom. The van der Waals surface area contributed by atoms with Gasteiger partial charge >= 0.3 is 0 Å². The van der Waals surface area contributed by atoms with E-state index < -0.39 is 12.0 Å². The van der Waals surface area contributed by atoms with Crippen LogP contribution >= 0.6 is 11.6 Å². The molecular weight excluding hydrogens is 268 g/mol. The van der Waals surface area contributed by atoms with E-state index in [1.165, 1.54) is 6.07 Å². The van der Waals surface area contributed by atoms with Crippen LogP contribution in [-0.2, 0) is 4.74 Å². The van der Waals surface area contributed by atoms with Crippen molar-refractivity contribution in [3.05, 3.63) is 22.7 Å². The number of carbonyl (C=O) groups excluding carboxylic acids is 1. The Balaban J connectivity index is 2.44. The Morgan fingerprint density at radius 2 is 2.32 bits per heavy atom. The van der Waals surface area contributed by atoms with Gasteiger partial charge in [-0.2, -0.15) is 5.26 Å². The average Bonchev–Trinajstić information content (AvgIpc) is 2.37. The third-order valence-corrected chi connectivity index (χ3v) is 3.17. The zero-order valence-electron chi connectivity index (χ0n) is 10.1. The number of benzene rings is 1. The smallest absolute Gasteiger partial charge is 0.250 e. The number of rotatable bonds is 2. The minimum atomic E-state index is -0.607. The van der Waals surface area contributed by atoms with Crippen molar-refractivity contribution in [3.8, 4) is 6.07 Å². The van der Waals surface area contributed by atoms with Gasteiger partial charge in [0.25, 0.3) is 5.91 Å². The third kappa shape index (κ3) is 2.72. The topological polar surface area (TPSA) is 105 Å². The number of hydrogen-bond donors (Lipinski definition) is 2. The van der Waals surface area contributed by atoms with E-state index >= 15 is 0 Å². The van der Waals surface area contributed by atoms with Gasteiger partial charge < -0.3 is 21.1 Å². The highest BCUT2D eigenvalue weighted by molar-refractivity contribution is 6.34. The second-order valence-corrected chi connectivity index (χ2v) is 4.60. The fourth-order valence-electron chi connectivity index (χ4n) is 2.06. The molecule has 0 bridgehead atoms. The molecule has 2 rings (SSSR count). The molecule has 1 aromatic rings. The first-order valence-electron chi connectivity index (χ1n) is 5.68. The minimum absolute atomic E-state index is 0.253. The number of nitriles is 1. The summed E-state index contributed by atoms with van der Waals surface area (Å²) in [5.41, 5.74) is 12.1. The first-order chi connectivity index (χ1) is 9.02. The van der Waals surface area contributed by atoms with Crippen LogP contribution in [0, 0.1) is 11.3 Å². The molecule has 1 aliphatic heterocycles. The molecule has 0 aromatic heterocycles. The number of anilines is 2. The highest BCUT2D eigenvalue weighted by Crippen LogP contribution is 2.33. The summed E-state index contributed by atoms with van der Waals surface area (Å²) in [5.74, 6) is -0.607. The summed E-state index contributed by atoms with van der Waals surface area (Å²) in [6, 6.07) is 5.08. The second-order valence-electron chi connectivity index (χ2n) is 4.20. The van der Waals surface area contributed by atoms with Crippen LogP contribution in [0.4, 0.5) is 11.4 Å². The lowest BCUT2D eigenvalue weighted by molar-refractivity contribution is 0.0762. The average molecular weight is 281 g/mol. The van der Waals surface area contributed by atoms with Crippen LogP contribution < -0.4 is 16.4 Å². The number of nitrogen functional groups attached to an aromatic ring is 1. The molecule has 1 fully saturated rings. The molecule has 7 heteroatoms. The van der Waals surface area contributed by atoms with Crippen molar-refractivity contribution in [1.82, 2.24) is 0 Å². The molecule has 1 aliphatic rings. The van der Waals surface area contributed by atoms with Gasteiger partial charge in [-0.3, -0.25) is 4.79 Å². The maximum atomic E-state index is 11.5. The van der Waals surface area contributed by atoms with E-state index in [1.807, 2.05) is 11.0 Å². The van der Waals surface area contributed by atoms with Crippen LogP contribution in [0.5, 0.6) is 0 Å². The number of hydrogen-bond acceptors (Lipinski definition) is 5. The molecule has 0 spiro atoms. The number of morpholine rings is 1. The van der Waals surface area contributed by atoms with Gasteiger partial charge in [-0.1, -0.05) is 11.6 Å². The standard InChI is InChI=1S/C12H13ClN4O2/c13-10-4-7(15)3-9(12(16)18)11(10)17-1-2-19-8(5-14)6-17/h3-4,8H,1-2,6,15H2,(H2,16,18). The summed E-state index contributed by atoms with van der Waals surface area (Å²) < 4.78 is 5.26. The van der Waals surface area contributed by atoms with Crippen molar-refractivity contribution >= 4 is 28.9 Å². The molecule has 1 amide bonds. The van der Waals surface area contributed by atoms with Gasteiger partial charge in [0.1, 0.15) is 0 Å². The van der Waals surface area contributed by atoms with Gasteiger partial charge in [-0.25, -0.2) is 0 Å². The SMILES string of the molecule is N#CC1CN(c2c(Cl)cc(N)cc2C(N)=O)CCO1. The Hall–Kier alpha value is -1.97. The molecule has 1 aromatic carbocycles. The molecule has 1 heterocycles. The van der Waals surface area contributed by atoms with E-state index in [0.717, 1.165) is 0 Å². The summed E-state index contributed by atoms with van der Waals surface area (Å²) in [4.78, 5) is 13.3. The maximum absolute atomic E-state index is 11.5. The van der Waals surface area contributed by atoms with E-state index in [2.05, 4.69) is 0 Å². The molecule has 1 saturated heterocycles. The minimum Gasteiger partial charge on any atom is -0.399 e. The Bertz CT molecular complexity index is 555. The van der Waals surface area contributed by atoms with E-state index in [4.69, 9.17) is 33.1 Å². The number of primary amides is 1. The summed E-state index contributed by atoms with van der Waals surface area (Å²) in [6.45, 7) is 1.25. The summed E-state index contributed by atoms with van der Waals surface area (Å²) in [6.07, 6.45) is -0.553. The summed E-state index contributed by atoms with van der Waals surface area (Å²) in [7, 11) is 0. The summed E-state index contributed by atoms with van der Waals surface area (Å²) >= 11 is 6.15. The highest BCUT2D eigenvalue weighted by atomic mass is 35.5. The maximum Gasteiger partial charge on any atom is 0.250 e. The van der Waals surface area contributed by atoms with Crippen LogP contribution in [0.15, 0.2) is 12.1 Å². The fraction of sp³-hybridized carbons (Fsp3) is 0.333. The van der Waals surface area contributed by atoms with E-state index in [9.17, 15) is 4.79 Å². The molecule has 0 aliphatic carbocycles. The van der Waals surface area contributed by atoms with Crippen LogP contribution in [0.3, 0.4) is 0 Å². The predicted molar refractivity (Wildman–Crippen MR) is 71.9 cm³/mol. The number of amides is 1. The first-order valence-corrected chi connectivity index (χ1v) is 6.05. The highest BCUT2D eigenvalue weighted by Gasteiger charge is 2.25. The molecule has 4 N–H and O–H groups in total. The van der Waals surface area contributed by atoms with Crippen molar-refractivity contribution in [2.45, 2.75) is 6.10 Å². The zero-order valence-corrected chi connectivity index (χ0v) is 10.9. The Kier molecular flexibility index (Phi) is 3.79. The molecular formula is C12H13ClN4O2. The lowest BCUT2D eigenvalue weighted by Crippen LogP contribution is -2.42. The summed E-state index contributed by atoms with van der Waals surface area (Å²) in [5, 5.41) is 9.24. The van der Waals surface area contributed by atoms with Crippen molar-refractivity contribution in [2.75, 3.05) is 30.3 Å². The monoisotopic (exact) mass is 280 g/mol. The van der Waals surface area contributed by atoms with Gasteiger partial charge in [0.05, 0.1) is 35.5 Å². The van der Waals surface area contributed by atoms with Crippen LogP contribution in [0.25, 0.3) is 0 Å². The number of carbonyl (C=O) groups is 1. The van der Waals surface area contributed by atoms with Gasteiger partial charge in [-0.15, -0.1) is 0 Å². The number of ether oxygens (including phenoxy) is 1. The lowest BCUT2D eigenvalue weighted by atomic mass is 10.1. The van der Waals surface area contributed by atoms with Crippen molar-refractivity contribution in [3.63, 3.8) is 0 Å². The number of halogens is 1. The quantitative estimate of drug-likeness (QED) is 0.778. The molecule has 1 unspecified atom stereocenters. The molecule has 100 valence electrons. The van der Waals surface area contributed by atoms with Gasteiger partial charge in [0.15, 0.2) is 6.10 Å². The molecule has 19 heavy (non-hydrogen) atoms. The van der Waals surface area contributed by atoms with Crippen LogP contribution in [-0.4, -0.2) is 31.7 Å². The van der Waals surface area contributed by atoms with E-state index in [0.29, 0.717) is 36.1 Å².